The highest BCUT2D eigenvalue weighted by Gasteiger charge is 2.18. The second-order valence-electron chi connectivity index (χ2n) is 7.00. The molecule has 0 aliphatic rings. The number of nitrogens with zero attached hydrogens (tertiary/aromatic N) is 2. The number of alkyl halides is 2. The van der Waals surface area contributed by atoms with Gasteiger partial charge in [-0.25, -0.2) is 4.98 Å². The molecule has 0 spiro atoms. The highest BCUT2D eigenvalue weighted by Crippen LogP contribution is 2.24. The number of pyridine rings is 1. The lowest BCUT2D eigenvalue weighted by Gasteiger charge is -2.19. The number of nitrogens with one attached hydrogen (secondary N) is 2. The van der Waals surface area contributed by atoms with Gasteiger partial charge >= 0.3 is 6.61 Å². The summed E-state index contributed by atoms with van der Waals surface area (Å²) < 4.78 is 28.9. The molecule has 2 aromatic carbocycles. The summed E-state index contributed by atoms with van der Waals surface area (Å²) in [6, 6.07) is 16.3. The first-order chi connectivity index (χ1) is 15.3. The number of rotatable bonds is 8. The van der Waals surface area contributed by atoms with E-state index in [4.69, 9.17) is 0 Å². The third-order valence-electron chi connectivity index (χ3n) is 4.43. The number of para-hydroxylation sites is 1. The van der Waals surface area contributed by atoms with Crippen LogP contribution in [0.25, 0.3) is 0 Å². The Balaban J connectivity index is 1.67. The number of aromatic nitrogens is 1. The van der Waals surface area contributed by atoms with E-state index in [1.807, 2.05) is 13.0 Å². The van der Waals surface area contributed by atoms with Gasteiger partial charge in [-0.15, -0.1) is 0 Å². The van der Waals surface area contributed by atoms with Crippen molar-refractivity contribution < 1.29 is 23.1 Å². The van der Waals surface area contributed by atoms with Gasteiger partial charge in [0.15, 0.2) is 0 Å². The van der Waals surface area contributed by atoms with Gasteiger partial charge in [0, 0.05) is 18.9 Å². The van der Waals surface area contributed by atoms with E-state index in [0.29, 0.717) is 22.8 Å². The average Bonchev–Trinajstić information content (AvgIpc) is 2.74. The van der Waals surface area contributed by atoms with Crippen molar-refractivity contribution in [2.45, 2.75) is 13.5 Å². The zero-order chi connectivity index (χ0) is 23.1. The van der Waals surface area contributed by atoms with Crippen LogP contribution in [0.4, 0.5) is 26.0 Å². The number of hydrogen-bond donors (Lipinski definition) is 2. The van der Waals surface area contributed by atoms with Gasteiger partial charge in [-0.2, -0.15) is 8.78 Å². The van der Waals surface area contributed by atoms with Gasteiger partial charge in [-0.1, -0.05) is 12.1 Å². The molecule has 0 atom stereocenters. The van der Waals surface area contributed by atoms with Crippen LogP contribution in [-0.4, -0.2) is 41.9 Å². The van der Waals surface area contributed by atoms with Crippen LogP contribution in [0.2, 0.25) is 0 Å². The van der Waals surface area contributed by atoms with E-state index in [1.165, 1.54) is 24.1 Å². The first kappa shape index (κ1) is 22.7. The van der Waals surface area contributed by atoms with Gasteiger partial charge in [0.05, 0.1) is 17.8 Å². The Labute approximate surface area is 184 Å². The first-order valence-corrected chi connectivity index (χ1v) is 9.70. The second kappa shape index (κ2) is 10.3. The van der Waals surface area contributed by atoms with E-state index in [2.05, 4.69) is 20.4 Å². The SMILES string of the molecule is Cc1ccnc(NC(=O)CN(C)C(=O)c2ccccc2Nc2ccc(OC(F)F)cc2)c1. The molecular formula is C23H22F2N4O3. The third kappa shape index (κ3) is 6.24. The van der Waals surface area contributed by atoms with Crippen molar-refractivity contribution in [1.82, 2.24) is 9.88 Å². The van der Waals surface area contributed by atoms with Gasteiger partial charge in [-0.3, -0.25) is 9.59 Å². The van der Waals surface area contributed by atoms with Crippen LogP contribution >= 0.6 is 0 Å². The largest absolute Gasteiger partial charge is 0.435 e. The maximum absolute atomic E-state index is 13.0. The maximum Gasteiger partial charge on any atom is 0.387 e. The fraction of sp³-hybridized carbons (Fsp3) is 0.174. The number of carbonyl (C=O) groups excluding carboxylic acids is 2. The van der Waals surface area contributed by atoms with E-state index in [1.54, 1.807) is 48.7 Å². The van der Waals surface area contributed by atoms with Crippen molar-refractivity contribution in [3.05, 3.63) is 78.0 Å². The molecule has 166 valence electrons. The molecule has 0 aliphatic carbocycles. The Kier molecular flexibility index (Phi) is 7.33. The van der Waals surface area contributed by atoms with Crippen LogP contribution in [0.1, 0.15) is 15.9 Å². The first-order valence-electron chi connectivity index (χ1n) is 9.70. The Morgan fingerprint density at radius 3 is 2.50 bits per heavy atom. The summed E-state index contributed by atoms with van der Waals surface area (Å²) in [5.41, 5.74) is 2.39. The standard InChI is InChI=1S/C23H22F2N4O3/c1-15-11-12-26-20(13-15)28-21(30)14-29(2)22(31)18-5-3-4-6-19(18)27-16-7-9-17(10-8-16)32-23(24)25/h3-13,23,27H,14H2,1-2H3,(H,26,28,30). The van der Waals surface area contributed by atoms with E-state index < -0.39 is 6.61 Å². The summed E-state index contributed by atoms with van der Waals surface area (Å²) in [5.74, 6) is -0.293. The lowest BCUT2D eigenvalue weighted by atomic mass is 10.1. The second-order valence-corrected chi connectivity index (χ2v) is 7.00. The molecule has 32 heavy (non-hydrogen) atoms. The molecule has 3 aromatic rings. The molecule has 9 heteroatoms. The zero-order valence-corrected chi connectivity index (χ0v) is 17.5. The van der Waals surface area contributed by atoms with Crippen molar-refractivity contribution in [3.63, 3.8) is 0 Å². The van der Waals surface area contributed by atoms with Gasteiger partial charge in [0.2, 0.25) is 5.91 Å². The summed E-state index contributed by atoms with van der Waals surface area (Å²) in [6.07, 6.45) is 1.59. The van der Waals surface area contributed by atoms with E-state index in [0.717, 1.165) is 5.56 Å². The van der Waals surface area contributed by atoms with Crippen molar-refractivity contribution in [3.8, 4) is 5.75 Å². The molecule has 1 aromatic heterocycles. The predicted molar refractivity (Wildman–Crippen MR) is 117 cm³/mol. The van der Waals surface area contributed by atoms with Crippen LogP contribution in [-0.2, 0) is 4.79 Å². The molecule has 7 nitrogen and oxygen atoms in total. The fourth-order valence-electron chi connectivity index (χ4n) is 2.93. The molecule has 0 bridgehead atoms. The summed E-state index contributed by atoms with van der Waals surface area (Å²) in [7, 11) is 1.53. The minimum atomic E-state index is -2.90. The molecular weight excluding hydrogens is 418 g/mol. The van der Waals surface area contributed by atoms with Gasteiger partial charge < -0.3 is 20.3 Å². The molecule has 0 fully saturated rings. The number of carbonyl (C=O) groups is 2. The van der Waals surface area contributed by atoms with E-state index >= 15 is 0 Å². The Hall–Kier alpha value is -4.01. The van der Waals surface area contributed by atoms with Crippen LogP contribution in [0.15, 0.2) is 66.9 Å². The lowest BCUT2D eigenvalue weighted by molar-refractivity contribution is -0.116. The molecule has 0 unspecified atom stereocenters. The van der Waals surface area contributed by atoms with Crippen LogP contribution in [0.5, 0.6) is 5.75 Å². The van der Waals surface area contributed by atoms with Crippen molar-refractivity contribution in [2.24, 2.45) is 0 Å². The number of anilines is 3. The van der Waals surface area contributed by atoms with Crippen molar-refractivity contribution in [2.75, 3.05) is 24.2 Å². The summed E-state index contributed by atoms with van der Waals surface area (Å²) in [6.45, 7) is -1.18. The number of aryl methyl sites for hydroxylation is 1. The Bertz CT molecular complexity index is 1090. The molecule has 3 rings (SSSR count). The number of ether oxygens (including phenoxy) is 1. The molecule has 0 saturated heterocycles. The Morgan fingerprint density at radius 1 is 1.09 bits per heavy atom. The molecule has 0 radical (unpaired) electrons. The van der Waals surface area contributed by atoms with E-state index in [9.17, 15) is 18.4 Å². The van der Waals surface area contributed by atoms with E-state index in [-0.39, 0.29) is 24.1 Å². The summed E-state index contributed by atoms with van der Waals surface area (Å²) in [5, 5.41) is 5.76. The van der Waals surface area contributed by atoms with Crippen LogP contribution in [0.3, 0.4) is 0 Å². The molecule has 0 saturated carbocycles. The van der Waals surface area contributed by atoms with Gasteiger partial charge in [-0.05, 0) is 61.0 Å². The monoisotopic (exact) mass is 440 g/mol. The number of likely N-dealkylation sites (N-methyl/N-ethyl adjacent to an activating group) is 1. The summed E-state index contributed by atoms with van der Waals surface area (Å²) in [4.78, 5) is 30.7. The number of amides is 2. The Morgan fingerprint density at radius 2 is 1.81 bits per heavy atom. The minimum absolute atomic E-state index is 0.0313. The number of benzene rings is 2. The fourth-order valence-corrected chi connectivity index (χ4v) is 2.93. The molecule has 2 N–H and O–H groups in total. The smallest absolute Gasteiger partial charge is 0.387 e. The molecule has 0 aliphatic heterocycles. The molecule has 1 heterocycles. The number of hydrogen-bond acceptors (Lipinski definition) is 5. The van der Waals surface area contributed by atoms with Crippen molar-refractivity contribution >= 4 is 29.0 Å². The molecule has 2 amide bonds. The highest BCUT2D eigenvalue weighted by molar-refractivity contribution is 6.02. The maximum atomic E-state index is 13.0. The summed E-state index contributed by atoms with van der Waals surface area (Å²) >= 11 is 0. The van der Waals surface area contributed by atoms with Crippen LogP contribution in [0, 0.1) is 6.92 Å². The minimum Gasteiger partial charge on any atom is -0.435 e. The normalized spacial score (nSPS) is 10.5. The van der Waals surface area contributed by atoms with Gasteiger partial charge in [0.25, 0.3) is 5.91 Å². The lowest BCUT2D eigenvalue weighted by Crippen LogP contribution is -2.35. The average molecular weight is 440 g/mol. The number of halogens is 2. The van der Waals surface area contributed by atoms with Crippen LogP contribution < -0.4 is 15.4 Å². The third-order valence-corrected chi connectivity index (χ3v) is 4.43. The topological polar surface area (TPSA) is 83.6 Å². The predicted octanol–water partition coefficient (Wildman–Crippen LogP) is 4.45. The quantitative estimate of drug-likeness (QED) is 0.541. The van der Waals surface area contributed by atoms with Gasteiger partial charge in [0.1, 0.15) is 11.6 Å². The zero-order valence-electron chi connectivity index (χ0n) is 17.5. The highest BCUT2D eigenvalue weighted by atomic mass is 19.3. The van der Waals surface area contributed by atoms with Crippen molar-refractivity contribution in [1.29, 1.82) is 0 Å².